The first kappa shape index (κ1) is 13.2. The monoisotopic (exact) mass is 273 g/mol. The van der Waals surface area contributed by atoms with Gasteiger partial charge in [0.25, 0.3) is 0 Å². The summed E-state index contributed by atoms with van der Waals surface area (Å²) < 4.78 is 5.54. The Kier molecular flexibility index (Phi) is 4.69. The van der Waals surface area contributed by atoms with Crippen molar-refractivity contribution < 1.29 is 4.74 Å². The molecule has 1 heterocycles. The lowest BCUT2D eigenvalue weighted by Crippen LogP contribution is -2.31. The van der Waals surface area contributed by atoms with Crippen molar-refractivity contribution in [1.82, 2.24) is 5.32 Å². The van der Waals surface area contributed by atoms with E-state index in [0.717, 1.165) is 41.7 Å². The van der Waals surface area contributed by atoms with Gasteiger partial charge in [-0.3, -0.25) is 0 Å². The third kappa shape index (κ3) is 3.14. The quantitative estimate of drug-likeness (QED) is 0.907. The number of halogens is 2. The number of ether oxygens (including phenoxy) is 1. The summed E-state index contributed by atoms with van der Waals surface area (Å²) in [7, 11) is 1.95. The molecule has 2 rings (SSSR count). The molecule has 94 valence electrons. The highest BCUT2D eigenvalue weighted by atomic mass is 35.5. The second kappa shape index (κ2) is 6.05. The van der Waals surface area contributed by atoms with Gasteiger partial charge in [0.2, 0.25) is 0 Å². The fraction of sp³-hybridized carbons (Fsp3) is 0.538. The van der Waals surface area contributed by atoms with E-state index in [-0.39, 0.29) is 6.04 Å². The maximum atomic E-state index is 6.25. The predicted octanol–water partition coefficient (Wildman–Crippen LogP) is 3.68. The Hall–Kier alpha value is -0.280. The molecule has 2 unspecified atom stereocenters. The standard InChI is InChI=1S/C13H17Cl2NO/c1-16-13(9-3-2-6-17-8-9)11-7-10(14)4-5-12(11)15/h4-5,7,9,13,16H,2-3,6,8H2,1H3. The molecular formula is C13H17Cl2NO. The average Bonchev–Trinajstić information content (AvgIpc) is 2.36. The largest absolute Gasteiger partial charge is 0.381 e. The van der Waals surface area contributed by atoms with Crippen molar-refractivity contribution in [2.75, 3.05) is 20.3 Å². The summed E-state index contributed by atoms with van der Waals surface area (Å²) in [5, 5.41) is 4.82. The van der Waals surface area contributed by atoms with E-state index in [1.54, 1.807) is 0 Å². The first-order valence-electron chi connectivity index (χ1n) is 5.92. The molecule has 4 heteroatoms. The molecule has 1 saturated heterocycles. The third-order valence-corrected chi connectivity index (χ3v) is 3.85. The second-order valence-corrected chi connectivity index (χ2v) is 5.25. The summed E-state index contributed by atoms with van der Waals surface area (Å²) in [4.78, 5) is 0. The van der Waals surface area contributed by atoms with Gasteiger partial charge in [-0.15, -0.1) is 0 Å². The van der Waals surface area contributed by atoms with Crippen LogP contribution in [-0.4, -0.2) is 20.3 Å². The van der Waals surface area contributed by atoms with Crippen LogP contribution < -0.4 is 5.32 Å². The number of hydrogen-bond acceptors (Lipinski definition) is 2. The number of rotatable bonds is 3. The maximum absolute atomic E-state index is 6.25. The molecule has 1 aromatic rings. The van der Waals surface area contributed by atoms with Gasteiger partial charge in [-0.25, -0.2) is 0 Å². The molecule has 1 fully saturated rings. The van der Waals surface area contributed by atoms with Crippen LogP contribution in [0.4, 0.5) is 0 Å². The fourth-order valence-corrected chi connectivity index (χ4v) is 2.84. The molecule has 0 bridgehead atoms. The predicted molar refractivity (Wildman–Crippen MR) is 71.8 cm³/mol. The molecule has 0 saturated carbocycles. The van der Waals surface area contributed by atoms with Gasteiger partial charge in [-0.05, 0) is 43.7 Å². The van der Waals surface area contributed by atoms with Crippen molar-refractivity contribution in [3.05, 3.63) is 33.8 Å². The van der Waals surface area contributed by atoms with E-state index in [4.69, 9.17) is 27.9 Å². The highest BCUT2D eigenvalue weighted by molar-refractivity contribution is 6.33. The van der Waals surface area contributed by atoms with E-state index in [9.17, 15) is 0 Å². The Bertz CT molecular complexity index is 378. The highest BCUT2D eigenvalue weighted by Gasteiger charge is 2.26. The Morgan fingerprint density at radius 1 is 1.41 bits per heavy atom. The summed E-state index contributed by atoms with van der Waals surface area (Å²) in [6.45, 7) is 1.66. The van der Waals surface area contributed by atoms with Gasteiger partial charge in [0.15, 0.2) is 0 Å². The first-order valence-corrected chi connectivity index (χ1v) is 6.68. The molecule has 0 amide bonds. The molecule has 0 radical (unpaired) electrons. The zero-order valence-electron chi connectivity index (χ0n) is 9.88. The van der Waals surface area contributed by atoms with Crippen LogP contribution in [-0.2, 0) is 4.74 Å². The summed E-state index contributed by atoms with van der Waals surface area (Å²) in [5.41, 5.74) is 1.07. The summed E-state index contributed by atoms with van der Waals surface area (Å²) >= 11 is 12.3. The highest BCUT2D eigenvalue weighted by Crippen LogP contribution is 2.34. The van der Waals surface area contributed by atoms with Crippen LogP contribution in [0.1, 0.15) is 24.4 Å². The van der Waals surface area contributed by atoms with E-state index in [1.165, 1.54) is 0 Å². The smallest absolute Gasteiger partial charge is 0.0512 e. The fourth-order valence-electron chi connectivity index (χ4n) is 2.43. The van der Waals surface area contributed by atoms with Crippen molar-refractivity contribution in [2.45, 2.75) is 18.9 Å². The van der Waals surface area contributed by atoms with Gasteiger partial charge in [0, 0.05) is 28.6 Å². The van der Waals surface area contributed by atoms with Crippen molar-refractivity contribution >= 4 is 23.2 Å². The molecule has 0 spiro atoms. The van der Waals surface area contributed by atoms with Crippen molar-refractivity contribution in [2.24, 2.45) is 5.92 Å². The van der Waals surface area contributed by atoms with Crippen LogP contribution in [0.2, 0.25) is 10.0 Å². The van der Waals surface area contributed by atoms with Gasteiger partial charge < -0.3 is 10.1 Å². The van der Waals surface area contributed by atoms with Crippen LogP contribution in [0, 0.1) is 5.92 Å². The van der Waals surface area contributed by atoms with Gasteiger partial charge >= 0.3 is 0 Å². The topological polar surface area (TPSA) is 21.3 Å². The molecule has 0 aromatic heterocycles. The third-order valence-electron chi connectivity index (χ3n) is 3.27. The Labute approximate surface area is 112 Å². The number of hydrogen-bond donors (Lipinski definition) is 1. The number of benzene rings is 1. The van der Waals surface area contributed by atoms with Gasteiger partial charge in [-0.2, -0.15) is 0 Å². The minimum Gasteiger partial charge on any atom is -0.381 e. The Morgan fingerprint density at radius 2 is 2.24 bits per heavy atom. The molecule has 1 aromatic carbocycles. The van der Waals surface area contributed by atoms with Crippen LogP contribution in [0.15, 0.2) is 18.2 Å². The van der Waals surface area contributed by atoms with Crippen LogP contribution in [0.25, 0.3) is 0 Å². The first-order chi connectivity index (χ1) is 8.22. The molecular weight excluding hydrogens is 257 g/mol. The minimum absolute atomic E-state index is 0.210. The molecule has 1 aliphatic heterocycles. The van der Waals surface area contributed by atoms with E-state index in [1.807, 2.05) is 25.2 Å². The lowest BCUT2D eigenvalue weighted by molar-refractivity contribution is 0.0402. The van der Waals surface area contributed by atoms with E-state index >= 15 is 0 Å². The lowest BCUT2D eigenvalue weighted by Gasteiger charge is -2.31. The normalized spacial score (nSPS) is 22.4. The summed E-state index contributed by atoms with van der Waals surface area (Å²) in [5.74, 6) is 0.463. The molecule has 1 aliphatic rings. The van der Waals surface area contributed by atoms with Crippen LogP contribution >= 0.6 is 23.2 Å². The Balaban J connectivity index is 2.24. The molecule has 17 heavy (non-hydrogen) atoms. The zero-order valence-corrected chi connectivity index (χ0v) is 11.4. The zero-order chi connectivity index (χ0) is 12.3. The SMILES string of the molecule is CNC(c1cc(Cl)ccc1Cl)C1CCCOC1. The summed E-state index contributed by atoms with van der Waals surface area (Å²) in [6, 6.07) is 5.83. The maximum Gasteiger partial charge on any atom is 0.0512 e. The van der Waals surface area contributed by atoms with Crippen LogP contribution in [0.3, 0.4) is 0 Å². The van der Waals surface area contributed by atoms with E-state index < -0.39 is 0 Å². The molecule has 2 atom stereocenters. The van der Waals surface area contributed by atoms with E-state index in [2.05, 4.69) is 5.32 Å². The second-order valence-electron chi connectivity index (χ2n) is 4.41. The van der Waals surface area contributed by atoms with E-state index in [0.29, 0.717) is 5.92 Å². The Morgan fingerprint density at radius 3 is 2.88 bits per heavy atom. The average molecular weight is 274 g/mol. The van der Waals surface area contributed by atoms with Gasteiger partial charge in [-0.1, -0.05) is 23.2 Å². The van der Waals surface area contributed by atoms with Crippen LogP contribution in [0.5, 0.6) is 0 Å². The van der Waals surface area contributed by atoms with Crippen molar-refractivity contribution in [3.63, 3.8) is 0 Å². The van der Waals surface area contributed by atoms with Crippen molar-refractivity contribution in [3.8, 4) is 0 Å². The van der Waals surface area contributed by atoms with Gasteiger partial charge in [0.1, 0.15) is 0 Å². The van der Waals surface area contributed by atoms with Crippen molar-refractivity contribution in [1.29, 1.82) is 0 Å². The molecule has 2 nitrogen and oxygen atoms in total. The lowest BCUT2D eigenvalue weighted by atomic mass is 9.89. The molecule has 1 N–H and O–H groups in total. The summed E-state index contributed by atoms with van der Waals surface area (Å²) in [6.07, 6.45) is 2.27. The van der Waals surface area contributed by atoms with Gasteiger partial charge in [0.05, 0.1) is 6.61 Å². The molecule has 0 aliphatic carbocycles. The number of nitrogens with one attached hydrogen (secondary N) is 1. The minimum atomic E-state index is 0.210.